The molecule has 3 aromatic rings. The Labute approximate surface area is 242 Å². The van der Waals surface area contributed by atoms with Gasteiger partial charge >= 0.3 is 0 Å². The summed E-state index contributed by atoms with van der Waals surface area (Å²) in [6, 6.07) is 16.0. The molecule has 1 heterocycles. The van der Waals surface area contributed by atoms with E-state index in [4.69, 9.17) is 9.47 Å². The molecule has 1 amide bonds. The highest BCUT2D eigenvalue weighted by Gasteiger charge is 2.47. The van der Waals surface area contributed by atoms with E-state index in [-0.39, 0.29) is 16.9 Å². The normalized spacial score (nSPS) is 20.6. The molecule has 214 valence electrons. The molecule has 41 heavy (non-hydrogen) atoms. The van der Waals surface area contributed by atoms with Crippen LogP contribution in [0.5, 0.6) is 11.5 Å². The Morgan fingerprint density at radius 1 is 1.02 bits per heavy atom. The molecule has 2 atom stereocenters. The number of amides is 1. The second-order valence-electron chi connectivity index (χ2n) is 10.7. The van der Waals surface area contributed by atoms with Gasteiger partial charge in [0.05, 0.1) is 23.5 Å². The Balaban J connectivity index is 1.57. The Morgan fingerprint density at radius 3 is 2.51 bits per heavy atom. The van der Waals surface area contributed by atoms with Crippen molar-refractivity contribution in [3.8, 4) is 11.5 Å². The monoisotopic (exact) mass is 572 g/mol. The summed E-state index contributed by atoms with van der Waals surface area (Å²) >= 11 is 0. The Morgan fingerprint density at radius 2 is 1.78 bits per heavy atom. The summed E-state index contributed by atoms with van der Waals surface area (Å²) in [5.74, 6) is 0.188. The van der Waals surface area contributed by atoms with E-state index in [0.717, 1.165) is 31.2 Å². The van der Waals surface area contributed by atoms with E-state index < -0.39 is 21.3 Å². The summed E-state index contributed by atoms with van der Waals surface area (Å²) in [6.45, 7) is 1.71. The summed E-state index contributed by atoms with van der Waals surface area (Å²) in [5, 5.41) is 0. The van der Waals surface area contributed by atoms with Gasteiger partial charge in [0.25, 0.3) is 10.0 Å². The van der Waals surface area contributed by atoms with Crippen LogP contribution in [0.4, 0.5) is 0 Å². The smallest absolute Gasteiger partial charge is 0.264 e. The maximum atomic E-state index is 14.4. The van der Waals surface area contributed by atoms with Crippen molar-refractivity contribution in [3.05, 3.63) is 108 Å². The number of ether oxygens (including phenoxy) is 2. The van der Waals surface area contributed by atoms with Crippen molar-refractivity contribution in [2.45, 2.75) is 61.9 Å². The molecule has 0 radical (unpaired) electrons. The number of allylic oxidation sites excluding steroid dienone is 3. The largest absolute Gasteiger partial charge is 0.493 e. The summed E-state index contributed by atoms with van der Waals surface area (Å²) in [4.78, 5) is 18.6. The summed E-state index contributed by atoms with van der Waals surface area (Å²) in [6.07, 6.45) is 16.5. The second kappa shape index (κ2) is 12.3. The van der Waals surface area contributed by atoms with Crippen LogP contribution in [0, 0.1) is 12.8 Å². The quantitative estimate of drug-likeness (QED) is 0.328. The molecule has 2 aliphatic carbocycles. The van der Waals surface area contributed by atoms with E-state index in [1.165, 1.54) is 6.07 Å². The van der Waals surface area contributed by atoms with Gasteiger partial charge in [-0.3, -0.25) is 9.78 Å². The number of benzene rings is 2. The van der Waals surface area contributed by atoms with E-state index in [0.29, 0.717) is 35.5 Å². The van der Waals surface area contributed by atoms with Crippen molar-refractivity contribution >= 4 is 15.9 Å². The molecule has 8 heteroatoms. The van der Waals surface area contributed by atoms with Gasteiger partial charge < -0.3 is 9.47 Å². The second-order valence-corrected chi connectivity index (χ2v) is 12.4. The van der Waals surface area contributed by atoms with Crippen molar-refractivity contribution in [1.82, 2.24) is 9.71 Å². The topological polar surface area (TPSA) is 94.6 Å². The van der Waals surface area contributed by atoms with Gasteiger partial charge in [0.15, 0.2) is 11.5 Å². The number of rotatable bonds is 10. The molecular weight excluding hydrogens is 536 g/mol. The zero-order chi connectivity index (χ0) is 28.9. The number of pyridine rings is 1. The van der Waals surface area contributed by atoms with Crippen molar-refractivity contribution in [2.75, 3.05) is 7.11 Å². The average molecular weight is 573 g/mol. The molecule has 1 fully saturated rings. The highest BCUT2D eigenvalue weighted by molar-refractivity contribution is 7.90. The van der Waals surface area contributed by atoms with Crippen LogP contribution in [0.3, 0.4) is 0 Å². The molecular formula is C33H36N2O5S. The van der Waals surface area contributed by atoms with Crippen molar-refractivity contribution < 1.29 is 22.7 Å². The van der Waals surface area contributed by atoms with Crippen molar-refractivity contribution in [2.24, 2.45) is 5.92 Å². The molecule has 0 saturated heterocycles. The standard InChI is InChI=1S/C33H36N2O5S/c1-24-9-3-6-13-31(24)41(37,38)35-32(36)33(20-8-7-10-26(33)15-14-25-18-21-34-22-19-25)27-16-17-29(39-2)30(23-27)40-28-11-4-5-12-28/h3,6-10,13,16-23,26,28H,4-5,11-12,14-15H2,1-2H3,(H,35,36). The van der Waals surface area contributed by atoms with E-state index in [1.807, 2.05) is 48.6 Å². The van der Waals surface area contributed by atoms with Crippen molar-refractivity contribution in [3.63, 3.8) is 0 Å². The minimum atomic E-state index is -4.14. The fraction of sp³-hybridized carbons (Fsp3) is 0.333. The van der Waals surface area contributed by atoms with E-state index in [2.05, 4.69) is 9.71 Å². The van der Waals surface area contributed by atoms with Crippen LogP contribution in [0.1, 0.15) is 48.8 Å². The lowest BCUT2D eigenvalue weighted by molar-refractivity contribution is -0.124. The van der Waals surface area contributed by atoms with Gasteiger partial charge in [-0.25, -0.2) is 13.1 Å². The predicted octanol–water partition coefficient (Wildman–Crippen LogP) is 5.84. The van der Waals surface area contributed by atoms with Gasteiger partial charge in [0, 0.05) is 12.4 Å². The lowest BCUT2D eigenvalue weighted by Crippen LogP contribution is -2.50. The van der Waals surface area contributed by atoms with Crippen LogP contribution >= 0.6 is 0 Å². The van der Waals surface area contributed by atoms with Crippen LogP contribution in [0.25, 0.3) is 0 Å². The molecule has 2 aromatic carbocycles. The molecule has 0 aliphatic heterocycles. The number of carbonyl (C=O) groups is 1. The number of aromatic nitrogens is 1. The number of hydrogen-bond donors (Lipinski definition) is 1. The highest BCUT2D eigenvalue weighted by atomic mass is 32.2. The van der Waals surface area contributed by atoms with Gasteiger partial charge in [-0.1, -0.05) is 48.6 Å². The molecule has 0 bridgehead atoms. The lowest BCUT2D eigenvalue weighted by atomic mass is 9.65. The SMILES string of the molecule is COc1ccc(C2(C(=O)NS(=O)(=O)c3ccccc3C)C=CC=CC2CCc2ccncc2)cc1OC1CCCC1. The number of sulfonamides is 1. The van der Waals surface area contributed by atoms with Crippen LogP contribution in [0.15, 0.2) is 96.2 Å². The van der Waals surface area contributed by atoms with E-state index in [1.54, 1.807) is 50.7 Å². The first-order valence-electron chi connectivity index (χ1n) is 14.1. The third-order valence-corrected chi connectivity index (χ3v) is 9.61. The minimum Gasteiger partial charge on any atom is -0.493 e. The molecule has 0 spiro atoms. The number of aryl methyl sites for hydroxylation is 2. The number of nitrogens with zero attached hydrogens (tertiary/aromatic N) is 1. The number of hydrogen-bond acceptors (Lipinski definition) is 6. The molecule has 1 aromatic heterocycles. The zero-order valence-electron chi connectivity index (χ0n) is 23.5. The third-order valence-electron chi connectivity index (χ3n) is 8.11. The van der Waals surface area contributed by atoms with Gasteiger partial charge in [-0.2, -0.15) is 0 Å². The first-order chi connectivity index (χ1) is 19.8. The Bertz CT molecular complexity index is 1540. The first kappa shape index (κ1) is 28.6. The zero-order valence-corrected chi connectivity index (χ0v) is 24.3. The Kier molecular flexibility index (Phi) is 8.59. The number of nitrogens with one attached hydrogen (secondary N) is 1. The third kappa shape index (κ3) is 6.07. The number of methoxy groups -OCH3 is 1. The summed E-state index contributed by atoms with van der Waals surface area (Å²) in [7, 11) is -2.55. The molecule has 7 nitrogen and oxygen atoms in total. The fourth-order valence-electron chi connectivity index (χ4n) is 5.89. The van der Waals surface area contributed by atoms with Gasteiger partial charge in [0.1, 0.15) is 0 Å². The molecule has 2 unspecified atom stereocenters. The van der Waals surface area contributed by atoms with Crippen LogP contribution < -0.4 is 14.2 Å². The molecule has 5 rings (SSSR count). The van der Waals surface area contributed by atoms with Crippen LogP contribution in [0.2, 0.25) is 0 Å². The highest BCUT2D eigenvalue weighted by Crippen LogP contribution is 2.44. The maximum absolute atomic E-state index is 14.4. The van der Waals surface area contributed by atoms with Crippen LogP contribution in [-0.2, 0) is 26.7 Å². The molecule has 1 saturated carbocycles. The summed E-state index contributed by atoms with van der Waals surface area (Å²) in [5.41, 5.74) is 0.984. The number of carbonyl (C=O) groups excluding carboxylic acids is 1. The van der Waals surface area contributed by atoms with E-state index in [9.17, 15) is 13.2 Å². The Hall–Kier alpha value is -3.91. The lowest BCUT2D eigenvalue weighted by Gasteiger charge is -2.38. The van der Waals surface area contributed by atoms with E-state index >= 15 is 0 Å². The fourth-order valence-corrected chi connectivity index (χ4v) is 7.17. The van der Waals surface area contributed by atoms with Gasteiger partial charge in [0.2, 0.25) is 5.91 Å². The molecule has 2 aliphatic rings. The van der Waals surface area contributed by atoms with Crippen molar-refractivity contribution in [1.29, 1.82) is 0 Å². The molecule has 1 N–H and O–H groups in total. The summed E-state index contributed by atoms with van der Waals surface area (Å²) < 4.78 is 41.5. The van der Waals surface area contributed by atoms with Crippen LogP contribution in [-0.4, -0.2) is 32.5 Å². The minimum absolute atomic E-state index is 0.0761. The first-order valence-corrected chi connectivity index (χ1v) is 15.5. The average Bonchev–Trinajstić information content (AvgIpc) is 3.49. The maximum Gasteiger partial charge on any atom is 0.264 e. The predicted molar refractivity (Wildman–Crippen MR) is 158 cm³/mol. The van der Waals surface area contributed by atoms with Gasteiger partial charge in [-0.15, -0.1) is 0 Å². The van der Waals surface area contributed by atoms with Gasteiger partial charge in [-0.05, 0) is 98.4 Å².